The van der Waals surface area contributed by atoms with Crippen molar-refractivity contribution < 1.29 is 24.2 Å². The number of hydrogen-bond donors (Lipinski definition) is 2. The lowest BCUT2D eigenvalue weighted by atomic mass is 10.2. The molecule has 0 radical (unpaired) electrons. The molecule has 0 saturated heterocycles. The molecule has 1 rings (SSSR count). The molecule has 1 aromatic carbocycles. The maximum atomic E-state index is 11.5. The van der Waals surface area contributed by atoms with Crippen molar-refractivity contribution in [1.82, 2.24) is 0 Å². The van der Waals surface area contributed by atoms with Gasteiger partial charge in [0.05, 0.1) is 18.8 Å². The predicted octanol–water partition coefficient (Wildman–Crippen LogP) is 1.40. The van der Waals surface area contributed by atoms with E-state index in [1.807, 2.05) is 0 Å². The maximum absolute atomic E-state index is 11.5. The average Bonchev–Trinajstić information content (AvgIpc) is 2.37. The Morgan fingerprint density at radius 1 is 1.33 bits per heavy atom. The molecular formula is C12H15NO5. The van der Waals surface area contributed by atoms with E-state index in [0.717, 1.165) is 0 Å². The summed E-state index contributed by atoms with van der Waals surface area (Å²) in [6.45, 7) is 1.68. The van der Waals surface area contributed by atoms with E-state index in [4.69, 9.17) is 9.84 Å². The van der Waals surface area contributed by atoms with Crippen molar-refractivity contribution in [3.8, 4) is 0 Å². The summed E-state index contributed by atoms with van der Waals surface area (Å²) in [6, 6.07) is 6.30. The quantitative estimate of drug-likeness (QED) is 0.775. The Hall–Kier alpha value is -2.08. The number of aliphatic hydroxyl groups is 1. The lowest BCUT2D eigenvalue weighted by molar-refractivity contribution is 0.0526. The standard InChI is InChI=1S/C12H15NO5/c1-2-17-11(15)9-4-3-5-10(8-9)13-12(16)18-7-6-14/h3-5,8,14H,2,6-7H2,1H3,(H,13,16). The van der Waals surface area contributed by atoms with Crippen LogP contribution in [0.15, 0.2) is 24.3 Å². The van der Waals surface area contributed by atoms with Gasteiger partial charge in [0.15, 0.2) is 0 Å². The lowest BCUT2D eigenvalue weighted by Crippen LogP contribution is -2.16. The number of ether oxygens (including phenoxy) is 2. The number of esters is 1. The van der Waals surface area contributed by atoms with Crippen molar-refractivity contribution in [3.05, 3.63) is 29.8 Å². The molecule has 0 spiro atoms. The van der Waals surface area contributed by atoms with E-state index in [9.17, 15) is 9.59 Å². The third-order valence-electron chi connectivity index (χ3n) is 1.94. The van der Waals surface area contributed by atoms with Crippen LogP contribution < -0.4 is 5.32 Å². The summed E-state index contributed by atoms with van der Waals surface area (Å²) in [5.41, 5.74) is 0.764. The highest BCUT2D eigenvalue weighted by molar-refractivity contribution is 5.92. The minimum Gasteiger partial charge on any atom is -0.462 e. The van der Waals surface area contributed by atoms with Gasteiger partial charge in [0.25, 0.3) is 0 Å². The topological polar surface area (TPSA) is 84.9 Å². The zero-order chi connectivity index (χ0) is 13.4. The number of amides is 1. The Morgan fingerprint density at radius 3 is 2.78 bits per heavy atom. The second-order valence-corrected chi connectivity index (χ2v) is 3.29. The summed E-state index contributed by atoms with van der Waals surface area (Å²) >= 11 is 0. The summed E-state index contributed by atoms with van der Waals surface area (Å²) in [4.78, 5) is 22.7. The summed E-state index contributed by atoms with van der Waals surface area (Å²) in [5.74, 6) is -0.454. The van der Waals surface area contributed by atoms with Gasteiger partial charge in [0.1, 0.15) is 6.61 Å². The first kappa shape index (κ1) is 14.0. The first-order valence-corrected chi connectivity index (χ1v) is 5.49. The molecule has 0 aliphatic rings. The van der Waals surface area contributed by atoms with Crippen LogP contribution >= 0.6 is 0 Å². The van der Waals surface area contributed by atoms with Crippen LogP contribution in [0.3, 0.4) is 0 Å². The molecule has 0 aliphatic heterocycles. The summed E-state index contributed by atoms with van der Waals surface area (Å²) in [6.07, 6.45) is -0.690. The maximum Gasteiger partial charge on any atom is 0.411 e. The van der Waals surface area contributed by atoms with E-state index in [0.29, 0.717) is 11.3 Å². The molecule has 1 aromatic rings. The van der Waals surface area contributed by atoms with Gasteiger partial charge >= 0.3 is 12.1 Å². The van der Waals surface area contributed by atoms with Gasteiger partial charge in [0, 0.05) is 5.69 Å². The summed E-state index contributed by atoms with van der Waals surface area (Å²) in [7, 11) is 0. The van der Waals surface area contributed by atoms with Crippen LogP contribution in [0.2, 0.25) is 0 Å². The third-order valence-corrected chi connectivity index (χ3v) is 1.94. The number of anilines is 1. The number of carbonyl (C=O) groups is 2. The minimum absolute atomic E-state index is 0.0800. The lowest BCUT2D eigenvalue weighted by Gasteiger charge is -2.07. The fourth-order valence-electron chi connectivity index (χ4n) is 1.23. The third kappa shape index (κ3) is 4.42. The van der Waals surface area contributed by atoms with Crippen molar-refractivity contribution in [1.29, 1.82) is 0 Å². The molecule has 6 heteroatoms. The highest BCUT2D eigenvalue weighted by atomic mass is 16.6. The van der Waals surface area contributed by atoms with Crippen molar-refractivity contribution in [2.75, 3.05) is 25.1 Å². The largest absolute Gasteiger partial charge is 0.462 e. The predicted molar refractivity (Wildman–Crippen MR) is 64.5 cm³/mol. The van der Waals surface area contributed by atoms with E-state index < -0.39 is 12.1 Å². The summed E-state index contributed by atoms with van der Waals surface area (Å²) < 4.78 is 9.46. The zero-order valence-electron chi connectivity index (χ0n) is 10.0. The van der Waals surface area contributed by atoms with Crippen LogP contribution in [0.5, 0.6) is 0 Å². The molecule has 18 heavy (non-hydrogen) atoms. The van der Waals surface area contributed by atoms with Gasteiger partial charge in [-0.3, -0.25) is 5.32 Å². The van der Waals surface area contributed by atoms with Gasteiger partial charge in [-0.2, -0.15) is 0 Å². The zero-order valence-corrected chi connectivity index (χ0v) is 10.0. The minimum atomic E-state index is -0.690. The molecule has 0 fully saturated rings. The summed E-state index contributed by atoms with van der Waals surface area (Å²) in [5, 5.41) is 10.9. The molecule has 6 nitrogen and oxygen atoms in total. The fourth-order valence-corrected chi connectivity index (χ4v) is 1.23. The molecule has 0 heterocycles. The SMILES string of the molecule is CCOC(=O)c1cccc(NC(=O)OCCO)c1. The van der Waals surface area contributed by atoms with Crippen LogP contribution in [0.4, 0.5) is 10.5 Å². The van der Waals surface area contributed by atoms with Gasteiger partial charge in [-0.25, -0.2) is 9.59 Å². The molecular weight excluding hydrogens is 238 g/mol. The van der Waals surface area contributed by atoms with Crippen LogP contribution in [0.1, 0.15) is 17.3 Å². The van der Waals surface area contributed by atoms with E-state index in [2.05, 4.69) is 10.1 Å². The Balaban J connectivity index is 2.64. The highest BCUT2D eigenvalue weighted by Gasteiger charge is 2.08. The number of carbonyl (C=O) groups excluding carboxylic acids is 2. The van der Waals surface area contributed by atoms with Crippen molar-refractivity contribution in [2.45, 2.75) is 6.92 Å². The number of nitrogens with one attached hydrogen (secondary N) is 1. The van der Waals surface area contributed by atoms with Crippen LogP contribution in [-0.4, -0.2) is 37.0 Å². The van der Waals surface area contributed by atoms with Crippen LogP contribution in [0, 0.1) is 0 Å². The monoisotopic (exact) mass is 253 g/mol. The van der Waals surface area contributed by atoms with Crippen molar-refractivity contribution in [2.24, 2.45) is 0 Å². The molecule has 0 atom stereocenters. The van der Waals surface area contributed by atoms with E-state index in [1.54, 1.807) is 25.1 Å². The van der Waals surface area contributed by atoms with Gasteiger partial charge in [-0.15, -0.1) is 0 Å². The molecule has 0 aromatic heterocycles. The molecule has 2 N–H and O–H groups in total. The van der Waals surface area contributed by atoms with Crippen LogP contribution in [0.25, 0.3) is 0 Å². The Kier molecular flexibility index (Phi) is 5.66. The van der Waals surface area contributed by atoms with Gasteiger partial charge in [0.2, 0.25) is 0 Å². The van der Waals surface area contributed by atoms with Gasteiger partial charge < -0.3 is 14.6 Å². The van der Waals surface area contributed by atoms with Gasteiger partial charge in [-0.05, 0) is 25.1 Å². The molecule has 0 bridgehead atoms. The number of hydrogen-bond acceptors (Lipinski definition) is 5. The Morgan fingerprint density at radius 2 is 2.11 bits per heavy atom. The van der Waals surface area contributed by atoms with E-state index in [-0.39, 0.29) is 19.8 Å². The highest BCUT2D eigenvalue weighted by Crippen LogP contribution is 2.12. The Bertz CT molecular complexity index is 419. The molecule has 0 aliphatic carbocycles. The second-order valence-electron chi connectivity index (χ2n) is 3.29. The smallest absolute Gasteiger partial charge is 0.411 e. The molecule has 98 valence electrons. The Labute approximate surface area is 105 Å². The van der Waals surface area contributed by atoms with Crippen LogP contribution in [-0.2, 0) is 9.47 Å². The van der Waals surface area contributed by atoms with E-state index in [1.165, 1.54) is 6.07 Å². The molecule has 1 amide bonds. The fraction of sp³-hybridized carbons (Fsp3) is 0.333. The first-order chi connectivity index (χ1) is 8.67. The van der Waals surface area contributed by atoms with E-state index >= 15 is 0 Å². The number of aliphatic hydroxyl groups excluding tert-OH is 1. The molecule has 0 unspecified atom stereocenters. The first-order valence-electron chi connectivity index (χ1n) is 5.49. The number of rotatable bonds is 5. The normalized spacial score (nSPS) is 9.67. The van der Waals surface area contributed by atoms with Crippen molar-refractivity contribution in [3.63, 3.8) is 0 Å². The van der Waals surface area contributed by atoms with Gasteiger partial charge in [-0.1, -0.05) is 6.07 Å². The average molecular weight is 253 g/mol. The number of benzene rings is 1. The second kappa shape index (κ2) is 7.29. The van der Waals surface area contributed by atoms with Crippen molar-refractivity contribution >= 4 is 17.7 Å². The molecule has 0 saturated carbocycles.